The van der Waals surface area contributed by atoms with Crippen molar-refractivity contribution in [3.63, 3.8) is 0 Å². The fraction of sp³-hybridized carbons (Fsp3) is 0.385. The Bertz CT molecular complexity index is 297. The van der Waals surface area contributed by atoms with Crippen LogP contribution in [0.15, 0.2) is 43.0 Å². The first kappa shape index (κ1) is 12.1. The quantitative estimate of drug-likeness (QED) is 0.526. The summed E-state index contributed by atoms with van der Waals surface area (Å²) >= 11 is 5.86. The molecular formula is C13H17ClO. The molecule has 0 saturated carbocycles. The lowest BCUT2D eigenvalue weighted by molar-refractivity contribution is 0.262. The molecule has 1 aromatic rings. The molecule has 0 amide bonds. The minimum absolute atomic E-state index is 0.0314. The van der Waals surface area contributed by atoms with Gasteiger partial charge >= 0.3 is 0 Å². The van der Waals surface area contributed by atoms with Crippen molar-refractivity contribution in [3.05, 3.63) is 43.0 Å². The van der Waals surface area contributed by atoms with E-state index in [-0.39, 0.29) is 5.41 Å². The highest BCUT2D eigenvalue weighted by Gasteiger charge is 2.18. The van der Waals surface area contributed by atoms with Gasteiger partial charge in [0.05, 0.1) is 6.61 Å². The highest BCUT2D eigenvalue weighted by atomic mass is 35.5. The molecule has 1 rings (SSSR count). The third-order valence-electron chi connectivity index (χ3n) is 2.48. The summed E-state index contributed by atoms with van der Waals surface area (Å²) in [5.74, 6) is 1.48. The molecule has 2 heteroatoms. The Hall–Kier alpha value is -0.950. The van der Waals surface area contributed by atoms with E-state index in [1.165, 1.54) is 0 Å². The summed E-state index contributed by atoms with van der Waals surface area (Å²) in [6, 6.07) is 9.80. The van der Waals surface area contributed by atoms with Crippen molar-refractivity contribution in [3.8, 4) is 5.75 Å². The van der Waals surface area contributed by atoms with Crippen molar-refractivity contribution in [2.75, 3.05) is 12.5 Å². The number of halogens is 1. The van der Waals surface area contributed by atoms with Crippen LogP contribution < -0.4 is 4.74 Å². The van der Waals surface area contributed by atoms with Crippen molar-refractivity contribution < 1.29 is 4.74 Å². The maximum absolute atomic E-state index is 5.86. The van der Waals surface area contributed by atoms with E-state index in [0.29, 0.717) is 12.5 Å². The van der Waals surface area contributed by atoms with E-state index < -0.39 is 0 Å². The van der Waals surface area contributed by atoms with Crippen LogP contribution in [0, 0.1) is 5.41 Å². The van der Waals surface area contributed by atoms with Crippen LogP contribution in [0.25, 0.3) is 0 Å². The third kappa shape index (κ3) is 3.96. The summed E-state index contributed by atoms with van der Waals surface area (Å²) in [5, 5.41) is 0. The molecule has 0 heterocycles. The van der Waals surface area contributed by atoms with Gasteiger partial charge in [-0.15, -0.1) is 18.2 Å². The molecule has 0 fully saturated rings. The van der Waals surface area contributed by atoms with E-state index in [4.69, 9.17) is 16.3 Å². The Balaban J connectivity index is 2.36. The highest BCUT2D eigenvalue weighted by Crippen LogP contribution is 2.24. The monoisotopic (exact) mass is 224 g/mol. The van der Waals surface area contributed by atoms with E-state index >= 15 is 0 Å². The first-order valence-corrected chi connectivity index (χ1v) is 5.61. The summed E-state index contributed by atoms with van der Waals surface area (Å²) < 4.78 is 5.60. The van der Waals surface area contributed by atoms with Gasteiger partial charge in [-0.2, -0.15) is 0 Å². The molecule has 1 atom stereocenters. The Kier molecular flexibility index (Phi) is 4.70. The first-order chi connectivity index (χ1) is 7.20. The molecule has 0 bridgehead atoms. The maximum Gasteiger partial charge on any atom is 0.119 e. The molecule has 0 spiro atoms. The third-order valence-corrected chi connectivity index (χ3v) is 3.09. The summed E-state index contributed by atoms with van der Waals surface area (Å²) in [6.07, 6.45) is 2.78. The fourth-order valence-electron chi connectivity index (χ4n) is 1.14. The topological polar surface area (TPSA) is 9.23 Å². The average Bonchev–Trinajstić information content (AvgIpc) is 2.30. The Morgan fingerprint density at radius 1 is 1.40 bits per heavy atom. The van der Waals surface area contributed by atoms with Crippen molar-refractivity contribution in [2.45, 2.75) is 13.3 Å². The normalized spacial score (nSPS) is 14.3. The standard InChI is InChI=1S/C13H17ClO/c1-3-13(2,11-14)9-10-15-12-7-5-4-6-8-12/h3-8H,1,9-11H2,2H3. The van der Waals surface area contributed by atoms with Gasteiger partial charge in [-0.3, -0.25) is 0 Å². The van der Waals surface area contributed by atoms with Gasteiger partial charge < -0.3 is 4.74 Å². The van der Waals surface area contributed by atoms with Gasteiger partial charge in [-0.1, -0.05) is 31.2 Å². The van der Waals surface area contributed by atoms with Gasteiger partial charge in [-0.05, 0) is 18.6 Å². The Morgan fingerprint density at radius 3 is 2.60 bits per heavy atom. The van der Waals surface area contributed by atoms with Crippen LogP contribution in [0.1, 0.15) is 13.3 Å². The van der Waals surface area contributed by atoms with E-state index in [2.05, 4.69) is 13.5 Å². The van der Waals surface area contributed by atoms with Crippen molar-refractivity contribution in [1.29, 1.82) is 0 Å². The lowest BCUT2D eigenvalue weighted by Gasteiger charge is -2.22. The number of allylic oxidation sites excluding steroid dienone is 1. The van der Waals surface area contributed by atoms with E-state index in [9.17, 15) is 0 Å². The number of benzene rings is 1. The molecule has 1 aromatic carbocycles. The zero-order valence-electron chi connectivity index (χ0n) is 9.08. The van der Waals surface area contributed by atoms with Crippen molar-refractivity contribution in [1.82, 2.24) is 0 Å². The van der Waals surface area contributed by atoms with E-state index in [0.717, 1.165) is 12.2 Å². The smallest absolute Gasteiger partial charge is 0.119 e. The SMILES string of the molecule is C=CC(C)(CCl)CCOc1ccccc1. The van der Waals surface area contributed by atoms with Crippen molar-refractivity contribution in [2.24, 2.45) is 5.41 Å². The van der Waals surface area contributed by atoms with Crippen LogP contribution in [0.3, 0.4) is 0 Å². The van der Waals surface area contributed by atoms with Crippen LogP contribution >= 0.6 is 11.6 Å². The molecular weight excluding hydrogens is 208 g/mol. The number of ether oxygens (including phenoxy) is 1. The van der Waals surface area contributed by atoms with Crippen LogP contribution in [0.2, 0.25) is 0 Å². The first-order valence-electron chi connectivity index (χ1n) is 5.07. The predicted octanol–water partition coefficient (Wildman–Crippen LogP) is 3.89. The molecule has 0 aromatic heterocycles. The van der Waals surface area contributed by atoms with E-state index in [1.807, 2.05) is 36.4 Å². The molecule has 0 aliphatic carbocycles. The zero-order valence-corrected chi connectivity index (χ0v) is 9.83. The number of hydrogen-bond acceptors (Lipinski definition) is 1. The minimum atomic E-state index is -0.0314. The highest BCUT2D eigenvalue weighted by molar-refractivity contribution is 6.18. The van der Waals surface area contributed by atoms with Gasteiger partial charge in [0.1, 0.15) is 5.75 Å². The summed E-state index contributed by atoms with van der Waals surface area (Å²) in [4.78, 5) is 0. The van der Waals surface area contributed by atoms with Gasteiger partial charge in [0.25, 0.3) is 0 Å². The van der Waals surface area contributed by atoms with Gasteiger partial charge in [0, 0.05) is 11.3 Å². The molecule has 1 nitrogen and oxygen atoms in total. The van der Waals surface area contributed by atoms with Gasteiger partial charge in [0.2, 0.25) is 0 Å². The second kappa shape index (κ2) is 5.82. The largest absolute Gasteiger partial charge is 0.494 e. The second-order valence-corrected chi connectivity index (χ2v) is 4.17. The summed E-state index contributed by atoms with van der Waals surface area (Å²) in [7, 11) is 0. The molecule has 0 aliphatic rings. The lowest BCUT2D eigenvalue weighted by Crippen LogP contribution is -2.18. The summed E-state index contributed by atoms with van der Waals surface area (Å²) in [5.41, 5.74) is -0.0314. The molecule has 0 aliphatic heterocycles. The van der Waals surface area contributed by atoms with Crippen LogP contribution in [0.4, 0.5) is 0 Å². The Morgan fingerprint density at radius 2 is 2.07 bits per heavy atom. The molecule has 15 heavy (non-hydrogen) atoms. The molecule has 0 N–H and O–H groups in total. The fourth-order valence-corrected chi connectivity index (χ4v) is 1.38. The number of hydrogen-bond donors (Lipinski definition) is 0. The van der Waals surface area contributed by atoms with Gasteiger partial charge in [0.15, 0.2) is 0 Å². The molecule has 1 unspecified atom stereocenters. The van der Waals surface area contributed by atoms with Crippen LogP contribution in [0.5, 0.6) is 5.75 Å². The van der Waals surface area contributed by atoms with Crippen LogP contribution in [-0.2, 0) is 0 Å². The maximum atomic E-state index is 5.86. The molecule has 0 saturated heterocycles. The summed E-state index contributed by atoms with van der Waals surface area (Å²) in [6.45, 7) is 6.54. The second-order valence-electron chi connectivity index (χ2n) is 3.90. The number of rotatable bonds is 6. The van der Waals surface area contributed by atoms with Crippen molar-refractivity contribution >= 4 is 11.6 Å². The predicted molar refractivity (Wildman–Crippen MR) is 65.6 cm³/mol. The van der Waals surface area contributed by atoms with Crippen LogP contribution in [-0.4, -0.2) is 12.5 Å². The number of alkyl halides is 1. The molecule has 0 radical (unpaired) electrons. The molecule has 82 valence electrons. The minimum Gasteiger partial charge on any atom is -0.494 e. The van der Waals surface area contributed by atoms with E-state index in [1.54, 1.807) is 0 Å². The average molecular weight is 225 g/mol. The number of para-hydroxylation sites is 1. The lowest BCUT2D eigenvalue weighted by atomic mass is 9.90. The van der Waals surface area contributed by atoms with Gasteiger partial charge in [-0.25, -0.2) is 0 Å². The zero-order chi connectivity index (χ0) is 11.1. The Labute approximate surface area is 96.7 Å².